The number of hydrogen-bond acceptors (Lipinski definition) is 4. The van der Waals surface area contributed by atoms with Gasteiger partial charge in [-0.3, -0.25) is 14.9 Å². The summed E-state index contributed by atoms with van der Waals surface area (Å²) in [7, 11) is 0. The van der Waals surface area contributed by atoms with Crippen molar-refractivity contribution < 1.29 is 9.72 Å². The molecule has 0 saturated carbocycles. The van der Waals surface area contributed by atoms with Crippen molar-refractivity contribution >= 4 is 46.2 Å². The number of carbonyl (C=O) groups excluding carboxylic acids is 1. The maximum absolute atomic E-state index is 12.5. The topological polar surface area (TPSA) is 75.5 Å². The van der Waals surface area contributed by atoms with Crippen molar-refractivity contribution in [2.24, 2.45) is 0 Å². The smallest absolute Gasteiger partial charge is 0.294 e. The highest BCUT2D eigenvalue weighted by Crippen LogP contribution is 2.39. The third-order valence-electron chi connectivity index (χ3n) is 4.73. The lowest BCUT2D eigenvalue weighted by Gasteiger charge is -2.35. The second-order valence-electron chi connectivity index (χ2n) is 6.58. The van der Waals surface area contributed by atoms with E-state index >= 15 is 0 Å². The first-order valence-corrected chi connectivity index (χ1v) is 9.44. The number of carbonyl (C=O) groups is 1. The highest BCUT2D eigenvalue weighted by atomic mass is 35.5. The highest BCUT2D eigenvalue weighted by Gasteiger charge is 2.27. The van der Waals surface area contributed by atoms with Crippen LogP contribution in [0.3, 0.4) is 0 Å². The SMILES string of the molecule is C[C@@H]1CCCCN1c1cc(NC(=O)c2ccc(Cl)cc2)c(Cl)cc1[N+](=O)[O-]. The van der Waals surface area contributed by atoms with E-state index in [1.54, 1.807) is 30.3 Å². The molecule has 0 radical (unpaired) electrons. The van der Waals surface area contributed by atoms with Gasteiger partial charge in [-0.25, -0.2) is 0 Å². The Hall–Kier alpha value is -2.31. The molecule has 0 unspecified atom stereocenters. The second-order valence-corrected chi connectivity index (χ2v) is 7.42. The van der Waals surface area contributed by atoms with Crippen molar-refractivity contribution in [3.05, 3.63) is 62.1 Å². The Labute approximate surface area is 167 Å². The molecule has 1 fully saturated rings. The lowest BCUT2D eigenvalue weighted by atomic mass is 10.0. The zero-order valence-corrected chi connectivity index (χ0v) is 16.3. The molecular weight excluding hydrogens is 389 g/mol. The quantitative estimate of drug-likeness (QED) is 0.533. The summed E-state index contributed by atoms with van der Waals surface area (Å²) in [4.78, 5) is 25.6. The molecule has 0 spiro atoms. The molecule has 8 heteroatoms. The van der Waals surface area contributed by atoms with Gasteiger partial charge in [-0.15, -0.1) is 0 Å². The molecule has 142 valence electrons. The Bertz CT molecular complexity index is 871. The number of nitrogens with one attached hydrogen (secondary N) is 1. The molecule has 2 aromatic carbocycles. The van der Waals surface area contributed by atoms with E-state index < -0.39 is 4.92 Å². The monoisotopic (exact) mass is 407 g/mol. The Morgan fingerprint density at radius 2 is 1.93 bits per heavy atom. The molecule has 1 N–H and O–H groups in total. The minimum Gasteiger partial charge on any atom is -0.363 e. The Morgan fingerprint density at radius 3 is 2.56 bits per heavy atom. The molecule has 1 saturated heterocycles. The summed E-state index contributed by atoms with van der Waals surface area (Å²) in [6.07, 6.45) is 3.03. The summed E-state index contributed by atoms with van der Waals surface area (Å²) in [6.45, 7) is 2.78. The van der Waals surface area contributed by atoms with Gasteiger partial charge in [-0.2, -0.15) is 0 Å². The molecular formula is C19H19Cl2N3O3. The third kappa shape index (κ3) is 4.34. The van der Waals surface area contributed by atoms with E-state index in [4.69, 9.17) is 23.2 Å². The van der Waals surface area contributed by atoms with Gasteiger partial charge in [0.25, 0.3) is 11.6 Å². The van der Waals surface area contributed by atoms with Crippen LogP contribution in [-0.2, 0) is 0 Å². The first kappa shape index (κ1) is 19.5. The average molecular weight is 408 g/mol. The standard InChI is InChI=1S/C19H19Cl2N3O3/c1-12-4-2-3-9-23(12)17-11-16(15(21)10-18(17)24(26)27)22-19(25)13-5-7-14(20)8-6-13/h5-8,10-12H,2-4,9H2,1H3,(H,22,25)/t12-/m1/s1. The zero-order valence-electron chi connectivity index (χ0n) is 14.7. The van der Waals surface area contributed by atoms with Gasteiger partial charge in [0, 0.05) is 29.2 Å². The lowest BCUT2D eigenvalue weighted by molar-refractivity contribution is -0.384. The van der Waals surface area contributed by atoms with E-state index in [1.165, 1.54) is 6.07 Å². The molecule has 2 aromatic rings. The number of nitro benzene ring substituents is 1. The first-order valence-electron chi connectivity index (χ1n) is 8.68. The summed E-state index contributed by atoms with van der Waals surface area (Å²) in [5, 5.41) is 14.9. The van der Waals surface area contributed by atoms with Gasteiger partial charge in [0.2, 0.25) is 0 Å². The Morgan fingerprint density at radius 1 is 1.22 bits per heavy atom. The molecule has 0 aliphatic carbocycles. The van der Waals surface area contributed by atoms with Crippen molar-refractivity contribution in [1.29, 1.82) is 0 Å². The largest absolute Gasteiger partial charge is 0.363 e. The Balaban J connectivity index is 1.95. The molecule has 1 aliphatic rings. The number of anilines is 2. The van der Waals surface area contributed by atoms with Gasteiger partial charge >= 0.3 is 0 Å². The number of halogens is 2. The number of piperidine rings is 1. The van der Waals surface area contributed by atoms with Crippen LogP contribution in [0.25, 0.3) is 0 Å². The first-order chi connectivity index (χ1) is 12.9. The van der Waals surface area contributed by atoms with Crippen molar-refractivity contribution in [2.75, 3.05) is 16.8 Å². The maximum Gasteiger partial charge on any atom is 0.294 e. The van der Waals surface area contributed by atoms with Crippen LogP contribution in [-0.4, -0.2) is 23.4 Å². The van der Waals surface area contributed by atoms with E-state index in [9.17, 15) is 14.9 Å². The minimum absolute atomic E-state index is 0.0572. The van der Waals surface area contributed by atoms with E-state index in [0.717, 1.165) is 25.8 Å². The zero-order chi connectivity index (χ0) is 19.6. The van der Waals surface area contributed by atoms with Crippen LogP contribution in [0.4, 0.5) is 17.1 Å². The number of nitrogens with zero attached hydrogens (tertiary/aromatic N) is 2. The van der Waals surface area contributed by atoms with Crippen LogP contribution in [0.2, 0.25) is 10.0 Å². The van der Waals surface area contributed by atoms with Gasteiger partial charge in [0.15, 0.2) is 0 Å². The van der Waals surface area contributed by atoms with Crippen LogP contribution in [0.15, 0.2) is 36.4 Å². The van der Waals surface area contributed by atoms with E-state index in [2.05, 4.69) is 5.32 Å². The molecule has 1 atom stereocenters. The summed E-state index contributed by atoms with van der Waals surface area (Å²) in [5.74, 6) is -0.361. The highest BCUT2D eigenvalue weighted by molar-refractivity contribution is 6.34. The summed E-state index contributed by atoms with van der Waals surface area (Å²) in [6, 6.07) is 9.52. The van der Waals surface area contributed by atoms with Crippen molar-refractivity contribution in [1.82, 2.24) is 0 Å². The fraction of sp³-hybridized carbons (Fsp3) is 0.316. The van der Waals surface area contributed by atoms with Crippen LogP contribution in [0.1, 0.15) is 36.5 Å². The van der Waals surface area contributed by atoms with E-state index in [1.807, 2.05) is 11.8 Å². The second kappa shape index (κ2) is 8.15. The summed E-state index contributed by atoms with van der Waals surface area (Å²) < 4.78 is 0. The van der Waals surface area contributed by atoms with E-state index in [-0.39, 0.29) is 22.7 Å². The molecule has 1 heterocycles. The number of amides is 1. The number of nitro groups is 1. The van der Waals surface area contributed by atoms with Crippen LogP contribution in [0, 0.1) is 10.1 Å². The fourth-order valence-electron chi connectivity index (χ4n) is 3.28. The lowest BCUT2D eigenvalue weighted by Crippen LogP contribution is -2.37. The third-order valence-corrected chi connectivity index (χ3v) is 5.29. The Kier molecular flexibility index (Phi) is 5.87. The van der Waals surface area contributed by atoms with Gasteiger partial charge in [-0.05, 0) is 56.5 Å². The van der Waals surface area contributed by atoms with Crippen molar-refractivity contribution in [3.63, 3.8) is 0 Å². The molecule has 1 amide bonds. The number of hydrogen-bond donors (Lipinski definition) is 1. The van der Waals surface area contributed by atoms with Crippen molar-refractivity contribution in [2.45, 2.75) is 32.2 Å². The molecule has 1 aliphatic heterocycles. The number of rotatable bonds is 4. The van der Waals surface area contributed by atoms with Gasteiger partial charge in [0.1, 0.15) is 5.69 Å². The van der Waals surface area contributed by atoms with Crippen molar-refractivity contribution in [3.8, 4) is 0 Å². The van der Waals surface area contributed by atoms with Crippen LogP contribution < -0.4 is 10.2 Å². The molecule has 0 aromatic heterocycles. The normalized spacial score (nSPS) is 16.9. The fourth-order valence-corrected chi connectivity index (χ4v) is 3.61. The molecule has 6 nitrogen and oxygen atoms in total. The van der Waals surface area contributed by atoms with Crippen LogP contribution >= 0.6 is 23.2 Å². The molecule has 0 bridgehead atoms. The molecule has 3 rings (SSSR count). The van der Waals surface area contributed by atoms with E-state index in [0.29, 0.717) is 22.0 Å². The van der Waals surface area contributed by atoms with Gasteiger partial charge in [-0.1, -0.05) is 23.2 Å². The predicted molar refractivity (Wildman–Crippen MR) is 108 cm³/mol. The van der Waals surface area contributed by atoms with Crippen LogP contribution in [0.5, 0.6) is 0 Å². The summed E-state index contributed by atoms with van der Waals surface area (Å²) >= 11 is 12.1. The van der Waals surface area contributed by atoms with Gasteiger partial charge < -0.3 is 10.2 Å². The predicted octanol–water partition coefficient (Wildman–Crippen LogP) is 5.53. The minimum atomic E-state index is -0.437. The summed E-state index contributed by atoms with van der Waals surface area (Å²) in [5.41, 5.74) is 1.18. The van der Waals surface area contributed by atoms with Gasteiger partial charge in [0.05, 0.1) is 15.6 Å². The molecule has 27 heavy (non-hydrogen) atoms. The average Bonchev–Trinajstić information content (AvgIpc) is 2.64. The maximum atomic E-state index is 12.5. The number of benzene rings is 2.